The SMILES string of the molecule is CC(Sc1nncn1C(C)C)C(=O)c1c[nH]c2ccccc12. The molecular weight excluding hydrogens is 296 g/mol. The number of thioether (sulfide) groups is 1. The van der Waals surface area contributed by atoms with Crippen LogP contribution in [0.2, 0.25) is 0 Å². The monoisotopic (exact) mass is 314 g/mol. The Balaban J connectivity index is 1.84. The minimum atomic E-state index is -0.221. The van der Waals surface area contributed by atoms with Crippen molar-refractivity contribution < 1.29 is 4.79 Å². The lowest BCUT2D eigenvalue weighted by atomic mass is 10.1. The Morgan fingerprint density at radius 2 is 2.05 bits per heavy atom. The number of H-pyrrole nitrogens is 1. The molecule has 5 nitrogen and oxygen atoms in total. The van der Waals surface area contributed by atoms with Crippen LogP contribution in [0.3, 0.4) is 0 Å². The molecule has 1 unspecified atom stereocenters. The second kappa shape index (κ2) is 5.96. The lowest BCUT2D eigenvalue weighted by Gasteiger charge is -2.12. The highest BCUT2D eigenvalue weighted by Crippen LogP contribution is 2.28. The van der Waals surface area contributed by atoms with Crippen molar-refractivity contribution in [1.82, 2.24) is 19.7 Å². The van der Waals surface area contributed by atoms with Crippen LogP contribution in [0.4, 0.5) is 0 Å². The molecule has 0 saturated heterocycles. The van der Waals surface area contributed by atoms with E-state index < -0.39 is 0 Å². The van der Waals surface area contributed by atoms with Crippen molar-refractivity contribution in [2.45, 2.75) is 37.2 Å². The summed E-state index contributed by atoms with van der Waals surface area (Å²) >= 11 is 1.45. The lowest BCUT2D eigenvalue weighted by molar-refractivity contribution is 0.0995. The van der Waals surface area contributed by atoms with Gasteiger partial charge in [-0.05, 0) is 26.8 Å². The Bertz CT molecular complexity index is 805. The van der Waals surface area contributed by atoms with Crippen LogP contribution in [-0.4, -0.2) is 30.8 Å². The summed E-state index contributed by atoms with van der Waals surface area (Å²) in [4.78, 5) is 15.9. The number of nitrogens with zero attached hydrogens (tertiary/aromatic N) is 3. The second-order valence-electron chi connectivity index (χ2n) is 5.49. The zero-order valence-electron chi connectivity index (χ0n) is 12.8. The molecule has 0 aliphatic heterocycles. The number of benzene rings is 1. The molecular formula is C16H18N4OS. The molecule has 1 N–H and O–H groups in total. The molecule has 0 fully saturated rings. The molecule has 1 aromatic carbocycles. The highest BCUT2D eigenvalue weighted by molar-refractivity contribution is 8.00. The molecule has 0 saturated carbocycles. The summed E-state index contributed by atoms with van der Waals surface area (Å²) in [6, 6.07) is 8.11. The van der Waals surface area contributed by atoms with E-state index in [4.69, 9.17) is 0 Å². The van der Waals surface area contributed by atoms with E-state index in [1.807, 2.05) is 35.8 Å². The van der Waals surface area contributed by atoms with E-state index in [1.54, 1.807) is 12.5 Å². The minimum Gasteiger partial charge on any atom is -0.360 e. The van der Waals surface area contributed by atoms with E-state index in [1.165, 1.54) is 11.8 Å². The summed E-state index contributed by atoms with van der Waals surface area (Å²) in [6.45, 7) is 6.05. The van der Waals surface area contributed by atoms with Crippen molar-refractivity contribution in [2.75, 3.05) is 0 Å². The molecule has 22 heavy (non-hydrogen) atoms. The van der Waals surface area contributed by atoms with E-state index in [0.29, 0.717) is 0 Å². The molecule has 0 amide bonds. The maximum absolute atomic E-state index is 12.7. The normalized spacial score (nSPS) is 12.9. The molecule has 0 aliphatic rings. The van der Waals surface area contributed by atoms with Gasteiger partial charge in [0, 0.05) is 28.7 Å². The van der Waals surface area contributed by atoms with Gasteiger partial charge in [-0.2, -0.15) is 0 Å². The van der Waals surface area contributed by atoms with E-state index in [2.05, 4.69) is 29.0 Å². The number of aromatic nitrogens is 4. The van der Waals surface area contributed by atoms with Gasteiger partial charge < -0.3 is 9.55 Å². The molecule has 0 radical (unpaired) electrons. The van der Waals surface area contributed by atoms with Gasteiger partial charge in [0.25, 0.3) is 0 Å². The van der Waals surface area contributed by atoms with Gasteiger partial charge in [-0.3, -0.25) is 4.79 Å². The number of rotatable bonds is 5. The molecule has 3 aromatic rings. The number of Topliss-reactive ketones (excluding diaryl/α,β-unsaturated/α-hetero) is 1. The standard InChI is InChI=1S/C16H18N4OS/c1-10(2)20-9-18-19-16(20)22-11(3)15(21)13-8-17-14-7-5-4-6-12(13)14/h4-11,17H,1-3H3. The largest absolute Gasteiger partial charge is 0.360 e. The van der Waals surface area contributed by atoms with Crippen LogP contribution in [-0.2, 0) is 0 Å². The summed E-state index contributed by atoms with van der Waals surface area (Å²) < 4.78 is 1.98. The molecule has 3 rings (SSSR count). The molecule has 0 aliphatic carbocycles. The topological polar surface area (TPSA) is 63.6 Å². The van der Waals surface area contributed by atoms with E-state index in [-0.39, 0.29) is 17.1 Å². The quantitative estimate of drug-likeness (QED) is 0.576. The fraction of sp³-hybridized carbons (Fsp3) is 0.312. The van der Waals surface area contributed by atoms with E-state index in [9.17, 15) is 4.79 Å². The van der Waals surface area contributed by atoms with Crippen LogP contribution >= 0.6 is 11.8 Å². The first-order chi connectivity index (χ1) is 10.6. The molecule has 0 spiro atoms. The fourth-order valence-electron chi connectivity index (χ4n) is 2.38. The van der Waals surface area contributed by atoms with Crippen molar-refractivity contribution in [3.63, 3.8) is 0 Å². The van der Waals surface area contributed by atoms with Crippen LogP contribution in [0, 0.1) is 0 Å². The summed E-state index contributed by atoms with van der Waals surface area (Å²) in [5.74, 6) is 0.0979. The smallest absolute Gasteiger partial charge is 0.191 e. The Kier molecular flexibility index (Phi) is 4.02. The summed E-state index contributed by atoms with van der Waals surface area (Å²) in [7, 11) is 0. The van der Waals surface area contributed by atoms with Crippen molar-refractivity contribution in [3.8, 4) is 0 Å². The molecule has 114 valence electrons. The average Bonchev–Trinajstić information content (AvgIpc) is 3.12. The Morgan fingerprint density at radius 3 is 2.82 bits per heavy atom. The summed E-state index contributed by atoms with van der Waals surface area (Å²) in [5.41, 5.74) is 1.71. The summed E-state index contributed by atoms with van der Waals surface area (Å²) in [6.07, 6.45) is 3.49. The van der Waals surface area contributed by atoms with E-state index in [0.717, 1.165) is 21.6 Å². The maximum atomic E-state index is 12.7. The minimum absolute atomic E-state index is 0.0979. The number of nitrogens with one attached hydrogen (secondary N) is 1. The third-order valence-electron chi connectivity index (χ3n) is 3.60. The zero-order chi connectivity index (χ0) is 15.7. The van der Waals surface area contributed by atoms with Gasteiger partial charge >= 0.3 is 0 Å². The van der Waals surface area contributed by atoms with Gasteiger partial charge in [-0.15, -0.1) is 10.2 Å². The van der Waals surface area contributed by atoms with E-state index >= 15 is 0 Å². The van der Waals surface area contributed by atoms with Crippen LogP contribution in [0.1, 0.15) is 37.2 Å². The molecule has 2 aromatic heterocycles. The lowest BCUT2D eigenvalue weighted by Crippen LogP contribution is -2.14. The highest BCUT2D eigenvalue weighted by atomic mass is 32.2. The number of ketones is 1. The van der Waals surface area contributed by atoms with Gasteiger partial charge in [0.15, 0.2) is 10.9 Å². The van der Waals surface area contributed by atoms with Gasteiger partial charge in [-0.25, -0.2) is 0 Å². The van der Waals surface area contributed by atoms with Crippen LogP contribution in [0.15, 0.2) is 41.9 Å². The molecule has 1 atom stereocenters. The van der Waals surface area contributed by atoms with Gasteiger partial charge in [0.2, 0.25) is 0 Å². The molecule has 6 heteroatoms. The second-order valence-corrected chi connectivity index (χ2v) is 6.79. The number of hydrogen-bond donors (Lipinski definition) is 1. The number of fused-ring (bicyclic) bond motifs is 1. The molecule has 2 heterocycles. The Morgan fingerprint density at radius 1 is 1.27 bits per heavy atom. The third-order valence-corrected chi connectivity index (χ3v) is 4.67. The van der Waals surface area contributed by atoms with Crippen LogP contribution < -0.4 is 0 Å². The number of aromatic amines is 1. The Labute approximate surface area is 133 Å². The third kappa shape index (κ3) is 2.66. The first-order valence-corrected chi connectivity index (χ1v) is 8.12. The van der Waals surface area contributed by atoms with Crippen molar-refractivity contribution in [3.05, 3.63) is 42.4 Å². The highest BCUT2D eigenvalue weighted by Gasteiger charge is 2.22. The van der Waals surface area contributed by atoms with Crippen molar-refractivity contribution >= 4 is 28.4 Å². The average molecular weight is 314 g/mol. The Hall–Kier alpha value is -2.08. The van der Waals surface area contributed by atoms with Crippen LogP contribution in [0.25, 0.3) is 10.9 Å². The summed E-state index contributed by atoms with van der Waals surface area (Å²) in [5, 5.41) is 9.58. The first kappa shape index (κ1) is 14.8. The fourth-order valence-corrected chi connectivity index (χ4v) is 3.40. The predicted molar refractivity (Wildman–Crippen MR) is 88.4 cm³/mol. The number of carbonyl (C=O) groups excluding carboxylic acids is 1. The maximum Gasteiger partial charge on any atom is 0.191 e. The van der Waals surface area contributed by atoms with Gasteiger partial charge in [0.05, 0.1) is 5.25 Å². The zero-order valence-corrected chi connectivity index (χ0v) is 13.6. The first-order valence-electron chi connectivity index (χ1n) is 7.24. The van der Waals surface area contributed by atoms with Gasteiger partial charge in [-0.1, -0.05) is 30.0 Å². The van der Waals surface area contributed by atoms with Crippen molar-refractivity contribution in [2.24, 2.45) is 0 Å². The van der Waals surface area contributed by atoms with Crippen LogP contribution in [0.5, 0.6) is 0 Å². The number of hydrogen-bond acceptors (Lipinski definition) is 4. The van der Waals surface area contributed by atoms with Crippen molar-refractivity contribution in [1.29, 1.82) is 0 Å². The molecule has 0 bridgehead atoms. The predicted octanol–water partition coefficient (Wildman–Crippen LogP) is 3.70. The van der Waals surface area contributed by atoms with Gasteiger partial charge in [0.1, 0.15) is 6.33 Å². The number of para-hydroxylation sites is 1. The number of carbonyl (C=O) groups is 1.